The zero-order chi connectivity index (χ0) is 19.2. The van der Waals surface area contributed by atoms with E-state index in [2.05, 4.69) is 26.6 Å². The molecule has 1 N–H and O–H groups in total. The molecule has 1 atom stereocenters. The van der Waals surface area contributed by atoms with Gasteiger partial charge >= 0.3 is 0 Å². The number of aliphatic imine (C=N–C) groups is 1. The second-order valence-electron chi connectivity index (χ2n) is 7.37. The van der Waals surface area contributed by atoms with Crippen molar-refractivity contribution < 1.29 is 5.11 Å². The predicted molar refractivity (Wildman–Crippen MR) is 111 cm³/mol. The van der Waals surface area contributed by atoms with Crippen molar-refractivity contribution in [2.75, 3.05) is 33.2 Å². The van der Waals surface area contributed by atoms with Crippen LogP contribution in [0.5, 0.6) is 0 Å². The average Bonchev–Trinajstić information content (AvgIpc) is 2.73. The second-order valence-corrected chi connectivity index (χ2v) is 7.81. The van der Waals surface area contributed by atoms with Crippen LogP contribution in [0.2, 0.25) is 5.02 Å². The van der Waals surface area contributed by atoms with Gasteiger partial charge in [0.15, 0.2) is 5.84 Å². The standard InChI is InChI=1S/C20H30ClN5O/c1-22-19(16-8-10-17(21)11-9-16)23-24(2)20(27)26-14-12-25(13-15-26)18-6-4-3-5-7-18/h8-11,18,20,27H,1,3-7,12-15H2,2H3. The van der Waals surface area contributed by atoms with Gasteiger partial charge in [0.05, 0.1) is 0 Å². The van der Waals surface area contributed by atoms with Crippen LogP contribution in [0.15, 0.2) is 34.4 Å². The van der Waals surface area contributed by atoms with Crippen molar-refractivity contribution in [3.8, 4) is 0 Å². The van der Waals surface area contributed by atoms with Crippen molar-refractivity contribution in [3.05, 3.63) is 34.9 Å². The number of benzene rings is 1. The molecule has 0 amide bonds. The van der Waals surface area contributed by atoms with Crippen LogP contribution in [0.25, 0.3) is 0 Å². The first-order chi connectivity index (χ1) is 13.1. The second kappa shape index (κ2) is 9.64. The van der Waals surface area contributed by atoms with Crippen molar-refractivity contribution in [1.82, 2.24) is 14.8 Å². The van der Waals surface area contributed by atoms with E-state index in [1.54, 1.807) is 24.2 Å². The Kier molecular flexibility index (Phi) is 7.24. The van der Waals surface area contributed by atoms with Crippen LogP contribution in [0.4, 0.5) is 0 Å². The third kappa shape index (κ3) is 5.29. The first-order valence-electron chi connectivity index (χ1n) is 9.79. The lowest BCUT2D eigenvalue weighted by Gasteiger charge is -2.43. The lowest BCUT2D eigenvalue weighted by molar-refractivity contribution is -0.118. The molecule has 2 aliphatic rings. The molecule has 148 valence electrons. The van der Waals surface area contributed by atoms with Crippen molar-refractivity contribution >= 4 is 24.2 Å². The summed E-state index contributed by atoms with van der Waals surface area (Å²) in [5.41, 5.74) is 0.815. The molecule has 2 fully saturated rings. The van der Waals surface area contributed by atoms with Gasteiger partial charge in [-0.15, -0.1) is 0 Å². The summed E-state index contributed by atoms with van der Waals surface area (Å²) < 4.78 is 0. The third-order valence-corrected chi connectivity index (χ3v) is 5.86. The molecule has 0 bridgehead atoms. The Hall–Kier alpha value is -1.47. The molecule has 7 heteroatoms. The Bertz CT molecular complexity index is 636. The molecule has 27 heavy (non-hydrogen) atoms. The highest BCUT2D eigenvalue weighted by Crippen LogP contribution is 2.24. The van der Waals surface area contributed by atoms with Gasteiger partial charge in [-0.1, -0.05) is 30.9 Å². The molecule has 1 heterocycles. The van der Waals surface area contributed by atoms with Gasteiger partial charge in [-0.25, -0.2) is 4.99 Å². The molecule has 0 radical (unpaired) electrons. The molecular formula is C20H30ClN5O. The molecule has 1 saturated carbocycles. The van der Waals surface area contributed by atoms with Crippen LogP contribution < -0.4 is 0 Å². The Morgan fingerprint density at radius 1 is 1.15 bits per heavy atom. The number of halogens is 1. The van der Waals surface area contributed by atoms with E-state index in [0.717, 1.165) is 37.8 Å². The number of nitrogens with zero attached hydrogens (tertiary/aromatic N) is 5. The summed E-state index contributed by atoms with van der Waals surface area (Å²) in [6, 6.07) is 8.00. The summed E-state index contributed by atoms with van der Waals surface area (Å²) in [6.07, 6.45) is 5.96. The van der Waals surface area contributed by atoms with E-state index in [1.165, 1.54) is 32.1 Å². The smallest absolute Gasteiger partial charge is 0.201 e. The Labute approximate surface area is 167 Å². The molecule has 1 aromatic carbocycles. The first-order valence-corrected chi connectivity index (χ1v) is 10.2. The molecule has 1 saturated heterocycles. The molecule has 1 aliphatic heterocycles. The van der Waals surface area contributed by atoms with E-state index in [9.17, 15) is 5.11 Å². The van der Waals surface area contributed by atoms with Gasteiger partial charge in [-0.2, -0.15) is 5.10 Å². The minimum absolute atomic E-state index is 0.467. The third-order valence-electron chi connectivity index (χ3n) is 5.61. The molecule has 0 spiro atoms. The van der Waals surface area contributed by atoms with E-state index in [4.69, 9.17) is 11.6 Å². The number of piperazine rings is 1. The number of hydrazone groups is 1. The van der Waals surface area contributed by atoms with Crippen molar-refractivity contribution in [3.63, 3.8) is 0 Å². The predicted octanol–water partition coefficient (Wildman–Crippen LogP) is 2.86. The lowest BCUT2D eigenvalue weighted by atomic mass is 9.94. The summed E-state index contributed by atoms with van der Waals surface area (Å²) in [7, 11) is 1.76. The van der Waals surface area contributed by atoms with Crippen molar-refractivity contribution in [1.29, 1.82) is 0 Å². The highest BCUT2D eigenvalue weighted by molar-refractivity contribution is 6.30. The zero-order valence-electron chi connectivity index (χ0n) is 16.1. The van der Waals surface area contributed by atoms with E-state index < -0.39 is 6.35 Å². The lowest BCUT2D eigenvalue weighted by Crippen LogP contribution is -2.56. The molecule has 6 nitrogen and oxygen atoms in total. The van der Waals surface area contributed by atoms with Gasteiger partial charge in [0, 0.05) is 49.9 Å². The number of aliphatic hydroxyl groups excluding tert-OH is 1. The molecule has 1 aliphatic carbocycles. The van der Waals surface area contributed by atoms with Gasteiger partial charge in [0.2, 0.25) is 6.35 Å². The van der Waals surface area contributed by atoms with Gasteiger partial charge in [-0.3, -0.25) is 14.8 Å². The zero-order valence-corrected chi connectivity index (χ0v) is 16.9. The minimum atomic E-state index is -0.775. The molecular weight excluding hydrogens is 362 g/mol. The van der Waals surface area contributed by atoms with Gasteiger partial charge < -0.3 is 5.11 Å². The van der Waals surface area contributed by atoms with Crippen LogP contribution >= 0.6 is 11.6 Å². The maximum atomic E-state index is 10.7. The van der Waals surface area contributed by atoms with Gasteiger partial charge in [-0.05, 0) is 43.8 Å². The van der Waals surface area contributed by atoms with E-state index in [1.807, 2.05) is 12.1 Å². The summed E-state index contributed by atoms with van der Waals surface area (Å²) in [5.74, 6) is 0.467. The summed E-state index contributed by atoms with van der Waals surface area (Å²) in [6.45, 7) is 7.30. The Balaban J connectivity index is 1.57. The molecule has 0 aromatic heterocycles. The number of rotatable bonds is 5. The number of aliphatic hydroxyl groups is 1. The topological polar surface area (TPSA) is 54.7 Å². The first kappa shape index (κ1) is 20.3. The minimum Gasteiger partial charge on any atom is -0.360 e. The quantitative estimate of drug-likeness (QED) is 0.363. The van der Waals surface area contributed by atoms with Crippen LogP contribution in [0.1, 0.15) is 37.7 Å². The van der Waals surface area contributed by atoms with E-state index in [-0.39, 0.29) is 0 Å². The van der Waals surface area contributed by atoms with Crippen molar-refractivity contribution in [2.45, 2.75) is 44.5 Å². The fraction of sp³-hybridized carbons (Fsp3) is 0.600. The van der Waals surface area contributed by atoms with Crippen LogP contribution in [-0.4, -0.2) is 78.1 Å². The molecule has 3 rings (SSSR count). The van der Waals surface area contributed by atoms with E-state index >= 15 is 0 Å². The summed E-state index contributed by atoms with van der Waals surface area (Å²) >= 11 is 5.94. The van der Waals surface area contributed by atoms with E-state index in [0.29, 0.717) is 10.9 Å². The molecule has 1 aromatic rings. The van der Waals surface area contributed by atoms with Crippen LogP contribution in [0.3, 0.4) is 0 Å². The largest absolute Gasteiger partial charge is 0.360 e. The average molecular weight is 392 g/mol. The maximum absolute atomic E-state index is 10.7. The number of hydrogen-bond acceptors (Lipinski definition) is 5. The monoisotopic (exact) mass is 391 g/mol. The van der Waals surface area contributed by atoms with Crippen LogP contribution in [0, 0.1) is 0 Å². The van der Waals surface area contributed by atoms with Crippen molar-refractivity contribution in [2.24, 2.45) is 10.1 Å². The number of hydrogen-bond donors (Lipinski definition) is 1. The number of amidine groups is 1. The maximum Gasteiger partial charge on any atom is 0.201 e. The summed E-state index contributed by atoms with van der Waals surface area (Å²) in [4.78, 5) is 8.66. The molecule has 1 unspecified atom stereocenters. The van der Waals surface area contributed by atoms with Gasteiger partial charge in [0.25, 0.3) is 0 Å². The highest BCUT2D eigenvalue weighted by atomic mass is 35.5. The SMILES string of the molecule is C=NC(=NN(C)C(O)N1CCN(C2CCCCC2)CC1)c1ccc(Cl)cc1. The fourth-order valence-electron chi connectivity index (χ4n) is 4.00. The normalized spacial score (nSPS) is 21.8. The highest BCUT2D eigenvalue weighted by Gasteiger charge is 2.29. The van der Waals surface area contributed by atoms with Crippen LogP contribution in [-0.2, 0) is 0 Å². The Morgan fingerprint density at radius 3 is 2.37 bits per heavy atom. The van der Waals surface area contributed by atoms with Gasteiger partial charge in [0.1, 0.15) is 0 Å². The fourth-order valence-corrected chi connectivity index (χ4v) is 4.12. The summed E-state index contributed by atoms with van der Waals surface area (Å²) in [5, 5.41) is 17.4. The Morgan fingerprint density at radius 2 is 1.78 bits per heavy atom.